The minimum absolute atomic E-state index is 0.0288. The lowest BCUT2D eigenvalue weighted by molar-refractivity contribution is 0.324. The molecule has 23 heavy (non-hydrogen) atoms. The fourth-order valence-electron chi connectivity index (χ4n) is 3.47. The third-order valence-corrected chi connectivity index (χ3v) is 4.50. The minimum Gasteiger partial charge on any atom is -0.493 e. The molecule has 0 fully saturated rings. The van der Waals surface area contributed by atoms with Crippen molar-refractivity contribution in [3.63, 3.8) is 0 Å². The van der Waals surface area contributed by atoms with E-state index in [4.69, 9.17) is 9.47 Å². The quantitative estimate of drug-likeness (QED) is 0.928. The summed E-state index contributed by atoms with van der Waals surface area (Å²) in [6.45, 7) is 6.62. The van der Waals surface area contributed by atoms with Gasteiger partial charge in [-0.15, -0.1) is 0 Å². The molecule has 3 heteroatoms. The van der Waals surface area contributed by atoms with Crippen molar-refractivity contribution in [1.82, 2.24) is 5.32 Å². The Morgan fingerprint density at radius 2 is 1.74 bits per heavy atom. The van der Waals surface area contributed by atoms with E-state index in [1.165, 1.54) is 22.3 Å². The molecular weight excluding hydrogens is 286 g/mol. The fraction of sp³-hybridized carbons (Fsp3) is 0.400. The first-order chi connectivity index (χ1) is 10.9. The van der Waals surface area contributed by atoms with Crippen LogP contribution < -0.4 is 14.8 Å². The molecule has 0 amide bonds. The molecule has 1 aliphatic heterocycles. The molecule has 0 saturated carbocycles. The number of aryl methyl sites for hydroxylation is 1. The lowest BCUT2D eigenvalue weighted by atomic mass is 9.81. The Bertz CT molecular complexity index is 722. The van der Waals surface area contributed by atoms with Crippen LogP contribution in [0.4, 0.5) is 0 Å². The number of ether oxygens (including phenoxy) is 2. The van der Waals surface area contributed by atoms with Gasteiger partial charge in [-0.3, -0.25) is 0 Å². The Hall–Kier alpha value is -2.00. The summed E-state index contributed by atoms with van der Waals surface area (Å²) >= 11 is 0. The second-order valence-corrected chi connectivity index (χ2v) is 6.96. The molecule has 0 aliphatic carbocycles. The van der Waals surface area contributed by atoms with E-state index < -0.39 is 0 Å². The van der Waals surface area contributed by atoms with Gasteiger partial charge in [-0.25, -0.2) is 0 Å². The van der Waals surface area contributed by atoms with Crippen molar-refractivity contribution in [3.8, 4) is 11.5 Å². The van der Waals surface area contributed by atoms with Crippen LogP contribution in [0.15, 0.2) is 36.4 Å². The average molecular weight is 311 g/mol. The molecule has 0 aromatic heterocycles. The molecule has 0 saturated heterocycles. The van der Waals surface area contributed by atoms with Crippen LogP contribution in [0.25, 0.3) is 0 Å². The van der Waals surface area contributed by atoms with Gasteiger partial charge in [0.25, 0.3) is 0 Å². The maximum absolute atomic E-state index is 5.51. The molecule has 3 rings (SSSR count). The zero-order valence-corrected chi connectivity index (χ0v) is 14.6. The summed E-state index contributed by atoms with van der Waals surface area (Å²) in [4.78, 5) is 0. The number of rotatable bonds is 3. The molecule has 1 N–H and O–H groups in total. The van der Waals surface area contributed by atoms with Crippen LogP contribution in [0, 0.1) is 6.92 Å². The highest BCUT2D eigenvalue weighted by molar-refractivity contribution is 5.52. The lowest BCUT2D eigenvalue weighted by Gasteiger charge is -2.39. The molecule has 1 unspecified atom stereocenters. The molecule has 3 nitrogen and oxygen atoms in total. The average Bonchev–Trinajstić information content (AvgIpc) is 2.52. The van der Waals surface area contributed by atoms with Crippen LogP contribution in [0.5, 0.6) is 11.5 Å². The van der Waals surface area contributed by atoms with Gasteiger partial charge in [0.1, 0.15) is 0 Å². The number of methoxy groups -OCH3 is 2. The second kappa shape index (κ2) is 5.89. The largest absolute Gasteiger partial charge is 0.493 e. The Kier molecular flexibility index (Phi) is 4.07. The first-order valence-corrected chi connectivity index (χ1v) is 8.02. The Morgan fingerprint density at radius 1 is 1.04 bits per heavy atom. The van der Waals surface area contributed by atoms with Gasteiger partial charge in [0.15, 0.2) is 11.5 Å². The highest BCUT2D eigenvalue weighted by Gasteiger charge is 2.33. The third-order valence-electron chi connectivity index (χ3n) is 4.50. The van der Waals surface area contributed by atoms with Crippen molar-refractivity contribution >= 4 is 0 Å². The predicted molar refractivity (Wildman–Crippen MR) is 93.5 cm³/mol. The van der Waals surface area contributed by atoms with E-state index in [9.17, 15) is 0 Å². The van der Waals surface area contributed by atoms with Crippen molar-refractivity contribution in [3.05, 3.63) is 58.7 Å². The number of hydrogen-bond acceptors (Lipinski definition) is 3. The van der Waals surface area contributed by atoms with Crippen LogP contribution in [-0.2, 0) is 6.42 Å². The zero-order chi connectivity index (χ0) is 16.6. The van der Waals surface area contributed by atoms with E-state index >= 15 is 0 Å². The molecule has 0 radical (unpaired) electrons. The van der Waals surface area contributed by atoms with Crippen molar-refractivity contribution in [1.29, 1.82) is 0 Å². The minimum atomic E-state index is 0.0288. The summed E-state index contributed by atoms with van der Waals surface area (Å²) in [7, 11) is 3.38. The topological polar surface area (TPSA) is 30.5 Å². The van der Waals surface area contributed by atoms with E-state index in [0.717, 1.165) is 17.9 Å². The van der Waals surface area contributed by atoms with Crippen molar-refractivity contribution in [2.75, 3.05) is 14.2 Å². The first-order valence-electron chi connectivity index (χ1n) is 8.02. The van der Waals surface area contributed by atoms with Gasteiger partial charge in [0, 0.05) is 5.54 Å². The number of nitrogens with one attached hydrogen (secondary N) is 1. The summed E-state index contributed by atoms with van der Waals surface area (Å²) in [6, 6.07) is 13.1. The molecule has 2 aromatic carbocycles. The Balaban J connectivity index is 2.16. The molecule has 2 aromatic rings. The van der Waals surface area contributed by atoms with Crippen molar-refractivity contribution in [2.45, 2.75) is 38.8 Å². The highest BCUT2D eigenvalue weighted by atomic mass is 16.5. The zero-order valence-electron chi connectivity index (χ0n) is 14.6. The van der Waals surface area contributed by atoms with Crippen LogP contribution in [0.3, 0.4) is 0 Å². The van der Waals surface area contributed by atoms with E-state index in [1.54, 1.807) is 14.2 Å². The SMILES string of the molecule is COc1cc2c(cc1OC)C(c1cccc(C)c1)NC(C)(C)C2. The molecule has 1 aliphatic rings. The molecule has 1 heterocycles. The summed E-state index contributed by atoms with van der Waals surface area (Å²) in [5.41, 5.74) is 5.17. The van der Waals surface area contributed by atoms with E-state index in [1.807, 2.05) is 0 Å². The van der Waals surface area contributed by atoms with Gasteiger partial charge >= 0.3 is 0 Å². The Morgan fingerprint density at radius 3 is 2.39 bits per heavy atom. The predicted octanol–water partition coefficient (Wildman–Crippen LogP) is 4.03. The third kappa shape index (κ3) is 3.06. The Labute approximate surface area is 138 Å². The van der Waals surface area contributed by atoms with Crippen LogP contribution >= 0.6 is 0 Å². The summed E-state index contributed by atoms with van der Waals surface area (Å²) in [6.07, 6.45) is 0.963. The van der Waals surface area contributed by atoms with E-state index in [2.05, 4.69) is 62.5 Å². The fourth-order valence-corrected chi connectivity index (χ4v) is 3.47. The summed E-state index contributed by atoms with van der Waals surface area (Å²) < 4.78 is 11.0. The molecular formula is C20H25NO2. The van der Waals surface area contributed by atoms with Gasteiger partial charge in [0.05, 0.1) is 20.3 Å². The second-order valence-electron chi connectivity index (χ2n) is 6.96. The maximum atomic E-state index is 5.51. The smallest absolute Gasteiger partial charge is 0.161 e. The summed E-state index contributed by atoms with van der Waals surface area (Å²) in [5.74, 6) is 1.58. The van der Waals surface area contributed by atoms with Crippen molar-refractivity contribution in [2.24, 2.45) is 0 Å². The normalized spacial score (nSPS) is 19.1. The van der Waals surface area contributed by atoms with Gasteiger partial charge < -0.3 is 14.8 Å². The number of fused-ring (bicyclic) bond motifs is 1. The van der Waals surface area contributed by atoms with Crippen molar-refractivity contribution < 1.29 is 9.47 Å². The van der Waals surface area contributed by atoms with Gasteiger partial charge in [-0.2, -0.15) is 0 Å². The molecule has 0 bridgehead atoms. The van der Waals surface area contributed by atoms with E-state index in [-0.39, 0.29) is 11.6 Å². The number of hydrogen-bond donors (Lipinski definition) is 1. The molecule has 122 valence electrons. The number of benzene rings is 2. The van der Waals surface area contributed by atoms with Gasteiger partial charge in [0.2, 0.25) is 0 Å². The standard InChI is InChI=1S/C20H25NO2/c1-13-7-6-8-14(9-13)19-16-11-18(23-5)17(22-4)10-15(16)12-20(2,3)21-19/h6-11,19,21H,12H2,1-5H3. The van der Waals surface area contributed by atoms with Crippen LogP contribution in [-0.4, -0.2) is 19.8 Å². The van der Waals surface area contributed by atoms with Gasteiger partial charge in [-0.1, -0.05) is 29.8 Å². The first kappa shape index (κ1) is 15.9. The maximum Gasteiger partial charge on any atom is 0.161 e. The van der Waals surface area contributed by atoms with Crippen LogP contribution in [0.1, 0.15) is 42.1 Å². The molecule has 0 spiro atoms. The van der Waals surface area contributed by atoms with E-state index in [0.29, 0.717) is 0 Å². The summed E-state index contributed by atoms with van der Waals surface area (Å²) in [5, 5.41) is 3.78. The monoisotopic (exact) mass is 311 g/mol. The highest BCUT2D eigenvalue weighted by Crippen LogP contribution is 2.40. The van der Waals surface area contributed by atoms with Crippen LogP contribution in [0.2, 0.25) is 0 Å². The van der Waals surface area contributed by atoms with Gasteiger partial charge in [-0.05, 0) is 56.0 Å². The lowest BCUT2D eigenvalue weighted by Crippen LogP contribution is -2.47. The molecule has 1 atom stereocenters.